The number of para-hydroxylation sites is 2. The molecule has 0 unspecified atom stereocenters. The molecule has 128 valence electrons. The maximum Gasteiger partial charge on any atom is 0.242 e. The van der Waals surface area contributed by atoms with Crippen LogP contribution in [0.25, 0.3) is 11.0 Å². The van der Waals surface area contributed by atoms with Gasteiger partial charge in [0.25, 0.3) is 0 Å². The lowest BCUT2D eigenvalue weighted by atomic mass is 10.3. The molecule has 1 aromatic carbocycles. The van der Waals surface area contributed by atoms with Crippen molar-refractivity contribution in [3.63, 3.8) is 0 Å². The molecule has 0 saturated carbocycles. The SMILES string of the molecule is CC(=O)NCCc1nc2ccccc2n1CC(=O)N1CCOCC1. The number of fused-ring (bicyclic) bond motifs is 1. The number of aromatic nitrogens is 2. The summed E-state index contributed by atoms with van der Waals surface area (Å²) in [6, 6.07) is 7.78. The lowest BCUT2D eigenvalue weighted by Crippen LogP contribution is -2.42. The van der Waals surface area contributed by atoms with E-state index in [2.05, 4.69) is 10.3 Å². The number of carbonyl (C=O) groups is 2. The Kier molecular flexibility index (Phi) is 5.10. The maximum atomic E-state index is 12.6. The average molecular weight is 330 g/mol. The first kappa shape index (κ1) is 16.4. The number of benzene rings is 1. The second kappa shape index (κ2) is 7.44. The molecule has 7 nitrogen and oxygen atoms in total. The number of amides is 2. The van der Waals surface area contributed by atoms with Gasteiger partial charge in [0.05, 0.1) is 24.2 Å². The third kappa shape index (κ3) is 3.73. The van der Waals surface area contributed by atoms with Crippen LogP contribution in [0.5, 0.6) is 0 Å². The molecule has 1 N–H and O–H groups in total. The van der Waals surface area contributed by atoms with Crippen molar-refractivity contribution in [1.82, 2.24) is 19.8 Å². The van der Waals surface area contributed by atoms with Crippen LogP contribution in [0.15, 0.2) is 24.3 Å². The van der Waals surface area contributed by atoms with E-state index in [0.717, 1.165) is 16.9 Å². The van der Waals surface area contributed by atoms with Crippen LogP contribution in [0, 0.1) is 0 Å². The van der Waals surface area contributed by atoms with E-state index in [1.807, 2.05) is 33.7 Å². The van der Waals surface area contributed by atoms with Gasteiger partial charge in [0.15, 0.2) is 0 Å². The molecule has 3 rings (SSSR count). The topological polar surface area (TPSA) is 76.5 Å². The molecule has 0 bridgehead atoms. The molecule has 1 fully saturated rings. The summed E-state index contributed by atoms with van der Waals surface area (Å²) < 4.78 is 7.25. The summed E-state index contributed by atoms with van der Waals surface area (Å²) in [6.45, 7) is 4.70. The standard InChI is InChI=1S/C17H22N4O3/c1-13(22)18-7-6-16-19-14-4-2-3-5-15(14)21(16)12-17(23)20-8-10-24-11-9-20/h2-5H,6-12H2,1H3,(H,18,22). The molecule has 2 aromatic rings. The van der Waals surface area contributed by atoms with Crippen molar-refractivity contribution in [2.45, 2.75) is 19.9 Å². The van der Waals surface area contributed by atoms with Crippen molar-refractivity contribution >= 4 is 22.8 Å². The Morgan fingerprint density at radius 1 is 1.25 bits per heavy atom. The minimum Gasteiger partial charge on any atom is -0.378 e. The van der Waals surface area contributed by atoms with Crippen LogP contribution in [0.1, 0.15) is 12.7 Å². The molecule has 1 aliphatic heterocycles. The van der Waals surface area contributed by atoms with E-state index in [4.69, 9.17) is 4.74 Å². The van der Waals surface area contributed by atoms with Crippen molar-refractivity contribution in [3.8, 4) is 0 Å². The Morgan fingerprint density at radius 3 is 2.75 bits per heavy atom. The number of carbonyl (C=O) groups excluding carboxylic acids is 2. The summed E-state index contributed by atoms with van der Waals surface area (Å²) in [4.78, 5) is 30.1. The van der Waals surface area contributed by atoms with Gasteiger partial charge >= 0.3 is 0 Å². The van der Waals surface area contributed by atoms with Crippen LogP contribution >= 0.6 is 0 Å². The van der Waals surface area contributed by atoms with Crippen LogP contribution in [0.4, 0.5) is 0 Å². The summed E-state index contributed by atoms with van der Waals surface area (Å²) in [5, 5.41) is 2.78. The van der Waals surface area contributed by atoms with E-state index in [1.165, 1.54) is 6.92 Å². The number of nitrogens with one attached hydrogen (secondary N) is 1. The van der Waals surface area contributed by atoms with E-state index in [0.29, 0.717) is 39.3 Å². The van der Waals surface area contributed by atoms with Gasteiger partial charge in [-0.1, -0.05) is 12.1 Å². The van der Waals surface area contributed by atoms with Crippen molar-refractivity contribution < 1.29 is 14.3 Å². The van der Waals surface area contributed by atoms with E-state index < -0.39 is 0 Å². The van der Waals surface area contributed by atoms with Gasteiger partial charge in [-0.3, -0.25) is 9.59 Å². The Hall–Kier alpha value is -2.41. The molecular weight excluding hydrogens is 308 g/mol. The first-order valence-electron chi connectivity index (χ1n) is 8.19. The molecule has 0 radical (unpaired) electrons. The smallest absolute Gasteiger partial charge is 0.242 e. The molecular formula is C17H22N4O3. The highest BCUT2D eigenvalue weighted by molar-refractivity contribution is 5.81. The first-order chi connectivity index (χ1) is 11.6. The number of morpholine rings is 1. The van der Waals surface area contributed by atoms with Crippen molar-refractivity contribution in [1.29, 1.82) is 0 Å². The summed E-state index contributed by atoms with van der Waals surface area (Å²) in [5.74, 6) is 0.816. The Balaban J connectivity index is 1.80. The quantitative estimate of drug-likeness (QED) is 0.870. The van der Waals surface area contributed by atoms with Gasteiger partial charge in [-0.15, -0.1) is 0 Å². The first-order valence-corrected chi connectivity index (χ1v) is 8.19. The minimum atomic E-state index is -0.0675. The van der Waals surface area contributed by atoms with Crippen LogP contribution in [0.2, 0.25) is 0 Å². The number of rotatable bonds is 5. The second-order valence-electron chi connectivity index (χ2n) is 5.83. The lowest BCUT2D eigenvalue weighted by molar-refractivity contribution is -0.135. The summed E-state index contributed by atoms with van der Waals surface area (Å²) in [6.07, 6.45) is 0.588. The third-order valence-electron chi connectivity index (χ3n) is 4.11. The molecule has 1 aliphatic rings. The van der Waals surface area contributed by atoms with E-state index >= 15 is 0 Å². The van der Waals surface area contributed by atoms with Crippen molar-refractivity contribution in [2.75, 3.05) is 32.8 Å². The largest absolute Gasteiger partial charge is 0.378 e. The predicted molar refractivity (Wildman–Crippen MR) is 89.5 cm³/mol. The third-order valence-corrected chi connectivity index (χ3v) is 4.11. The average Bonchev–Trinajstić information content (AvgIpc) is 2.93. The van der Waals surface area contributed by atoms with Crippen LogP contribution in [-0.2, 0) is 27.3 Å². The second-order valence-corrected chi connectivity index (χ2v) is 5.83. The highest BCUT2D eigenvalue weighted by Crippen LogP contribution is 2.17. The van der Waals surface area contributed by atoms with Crippen molar-refractivity contribution in [3.05, 3.63) is 30.1 Å². The molecule has 1 aromatic heterocycles. The number of ether oxygens (including phenoxy) is 1. The van der Waals surface area contributed by atoms with Crippen LogP contribution in [0.3, 0.4) is 0 Å². The Labute approximate surface area is 140 Å². The van der Waals surface area contributed by atoms with Crippen LogP contribution < -0.4 is 5.32 Å². The number of hydrogen-bond donors (Lipinski definition) is 1. The van der Waals surface area contributed by atoms with E-state index in [-0.39, 0.29) is 18.4 Å². The van der Waals surface area contributed by atoms with Crippen LogP contribution in [-0.4, -0.2) is 59.1 Å². The fraction of sp³-hybridized carbons (Fsp3) is 0.471. The van der Waals surface area contributed by atoms with Crippen molar-refractivity contribution in [2.24, 2.45) is 0 Å². The van der Waals surface area contributed by atoms with E-state index in [1.54, 1.807) is 0 Å². The van der Waals surface area contributed by atoms with Gasteiger partial charge in [0, 0.05) is 33.0 Å². The zero-order chi connectivity index (χ0) is 16.9. The molecule has 2 amide bonds. The molecule has 1 saturated heterocycles. The summed E-state index contributed by atoms with van der Waals surface area (Å²) in [7, 11) is 0. The summed E-state index contributed by atoms with van der Waals surface area (Å²) >= 11 is 0. The molecule has 0 spiro atoms. The zero-order valence-corrected chi connectivity index (χ0v) is 13.8. The van der Waals surface area contributed by atoms with Gasteiger partial charge in [0.1, 0.15) is 12.4 Å². The van der Waals surface area contributed by atoms with E-state index in [9.17, 15) is 9.59 Å². The number of imidazole rings is 1. The number of nitrogens with zero attached hydrogens (tertiary/aromatic N) is 3. The zero-order valence-electron chi connectivity index (χ0n) is 13.8. The monoisotopic (exact) mass is 330 g/mol. The fourth-order valence-corrected chi connectivity index (χ4v) is 2.89. The molecule has 24 heavy (non-hydrogen) atoms. The number of hydrogen-bond acceptors (Lipinski definition) is 4. The molecule has 0 aliphatic carbocycles. The normalized spacial score (nSPS) is 14.8. The highest BCUT2D eigenvalue weighted by Gasteiger charge is 2.20. The van der Waals surface area contributed by atoms with Gasteiger partial charge < -0.3 is 19.5 Å². The minimum absolute atomic E-state index is 0.0675. The predicted octanol–water partition coefficient (Wildman–Crippen LogP) is 0.574. The Bertz CT molecular complexity index is 735. The fourth-order valence-electron chi connectivity index (χ4n) is 2.89. The van der Waals surface area contributed by atoms with Gasteiger partial charge in [-0.05, 0) is 12.1 Å². The highest BCUT2D eigenvalue weighted by atomic mass is 16.5. The molecule has 2 heterocycles. The van der Waals surface area contributed by atoms with Gasteiger partial charge in [-0.2, -0.15) is 0 Å². The summed E-state index contributed by atoms with van der Waals surface area (Å²) in [5.41, 5.74) is 1.81. The van der Waals surface area contributed by atoms with Gasteiger partial charge in [0.2, 0.25) is 11.8 Å². The Morgan fingerprint density at radius 2 is 2.00 bits per heavy atom. The molecule has 7 heteroatoms. The lowest BCUT2D eigenvalue weighted by Gasteiger charge is -2.27. The van der Waals surface area contributed by atoms with Gasteiger partial charge in [-0.25, -0.2) is 4.98 Å². The maximum absolute atomic E-state index is 12.6. The molecule has 0 atom stereocenters.